The molecule has 0 spiro atoms. The minimum Gasteiger partial charge on any atom is -0.497 e. The first kappa shape index (κ1) is 14.9. The van der Waals surface area contributed by atoms with Gasteiger partial charge in [-0.3, -0.25) is 0 Å². The average molecular weight is 289 g/mol. The summed E-state index contributed by atoms with van der Waals surface area (Å²) in [6.07, 6.45) is 4.92. The Kier molecular flexibility index (Phi) is 4.81. The molecule has 2 fully saturated rings. The highest BCUT2D eigenvalue weighted by atomic mass is 16.5. The standard InChI is InChI=1S/C18H27NO2/c1-13(14-6-8-21-9-7-14)19-17-10-16(11-17)15-4-3-5-18(12-15)20-2/h3-5,12-14,16-17,19H,6-11H2,1-2H3. The molecule has 1 saturated carbocycles. The number of hydrogen-bond donors (Lipinski definition) is 1. The summed E-state index contributed by atoms with van der Waals surface area (Å²) in [5.41, 5.74) is 1.42. The molecule has 0 amide bonds. The number of methoxy groups -OCH3 is 1. The van der Waals surface area contributed by atoms with Crippen LogP contribution in [-0.4, -0.2) is 32.4 Å². The predicted molar refractivity (Wildman–Crippen MR) is 84.9 cm³/mol. The van der Waals surface area contributed by atoms with Crippen LogP contribution in [0.25, 0.3) is 0 Å². The van der Waals surface area contributed by atoms with Crippen LogP contribution in [0.15, 0.2) is 24.3 Å². The molecule has 3 rings (SSSR count). The molecule has 1 N–H and O–H groups in total. The molecule has 1 saturated heterocycles. The lowest BCUT2D eigenvalue weighted by Gasteiger charge is -2.40. The van der Waals surface area contributed by atoms with Crippen molar-refractivity contribution >= 4 is 0 Å². The Morgan fingerprint density at radius 2 is 2.00 bits per heavy atom. The van der Waals surface area contributed by atoms with Crippen LogP contribution >= 0.6 is 0 Å². The van der Waals surface area contributed by atoms with E-state index in [2.05, 4.69) is 30.4 Å². The van der Waals surface area contributed by atoms with Gasteiger partial charge < -0.3 is 14.8 Å². The average Bonchev–Trinajstić information content (AvgIpc) is 2.51. The van der Waals surface area contributed by atoms with Gasteiger partial charge in [0.2, 0.25) is 0 Å². The number of hydrogen-bond acceptors (Lipinski definition) is 3. The van der Waals surface area contributed by atoms with Gasteiger partial charge in [-0.1, -0.05) is 12.1 Å². The lowest BCUT2D eigenvalue weighted by Crippen LogP contribution is -2.48. The van der Waals surface area contributed by atoms with Gasteiger partial charge in [0.05, 0.1) is 7.11 Å². The summed E-state index contributed by atoms with van der Waals surface area (Å²) in [5.74, 6) is 2.45. The molecule has 2 aliphatic rings. The number of benzene rings is 1. The van der Waals surface area contributed by atoms with E-state index in [1.165, 1.54) is 31.2 Å². The SMILES string of the molecule is COc1cccc(C2CC(NC(C)C3CCOCC3)C2)c1. The van der Waals surface area contributed by atoms with Crippen LogP contribution in [-0.2, 0) is 4.74 Å². The first-order valence-electron chi connectivity index (χ1n) is 8.24. The van der Waals surface area contributed by atoms with Crippen molar-refractivity contribution in [2.24, 2.45) is 5.92 Å². The van der Waals surface area contributed by atoms with E-state index in [1.54, 1.807) is 7.11 Å². The van der Waals surface area contributed by atoms with Crippen LogP contribution in [0, 0.1) is 5.92 Å². The molecule has 1 aromatic carbocycles. The molecule has 21 heavy (non-hydrogen) atoms. The van der Waals surface area contributed by atoms with Crippen LogP contribution in [0.2, 0.25) is 0 Å². The summed E-state index contributed by atoms with van der Waals surface area (Å²) >= 11 is 0. The van der Waals surface area contributed by atoms with E-state index in [-0.39, 0.29) is 0 Å². The Bertz CT molecular complexity index is 450. The molecule has 1 aliphatic heterocycles. The Morgan fingerprint density at radius 1 is 1.24 bits per heavy atom. The molecule has 1 aromatic rings. The van der Waals surface area contributed by atoms with Crippen molar-refractivity contribution in [3.8, 4) is 5.75 Å². The van der Waals surface area contributed by atoms with E-state index in [4.69, 9.17) is 9.47 Å². The monoisotopic (exact) mass is 289 g/mol. The Hall–Kier alpha value is -1.06. The minimum atomic E-state index is 0.616. The predicted octanol–water partition coefficient (Wildman–Crippen LogP) is 3.35. The molecule has 0 aromatic heterocycles. The molecule has 0 radical (unpaired) electrons. The third-order valence-corrected chi connectivity index (χ3v) is 5.17. The van der Waals surface area contributed by atoms with E-state index in [0.717, 1.165) is 24.9 Å². The normalized spacial score (nSPS) is 27.9. The second kappa shape index (κ2) is 6.80. The molecular weight excluding hydrogens is 262 g/mol. The molecule has 0 bridgehead atoms. The van der Waals surface area contributed by atoms with Gasteiger partial charge in [0.25, 0.3) is 0 Å². The van der Waals surface area contributed by atoms with Gasteiger partial charge in [-0.05, 0) is 62.1 Å². The van der Waals surface area contributed by atoms with Gasteiger partial charge in [-0.25, -0.2) is 0 Å². The lowest BCUT2D eigenvalue weighted by atomic mass is 9.75. The molecule has 1 aliphatic carbocycles. The molecule has 3 heteroatoms. The Morgan fingerprint density at radius 3 is 2.71 bits per heavy atom. The summed E-state index contributed by atoms with van der Waals surface area (Å²) in [6, 6.07) is 9.82. The maximum Gasteiger partial charge on any atom is 0.119 e. The Labute approximate surface area is 128 Å². The van der Waals surface area contributed by atoms with Crippen molar-refractivity contribution in [2.75, 3.05) is 20.3 Å². The molecule has 3 nitrogen and oxygen atoms in total. The first-order valence-corrected chi connectivity index (χ1v) is 8.24. The van der Waals surface area contributed by atoms with E-state index in [9.17, 15) is 0 Å². The van der Waals surface area contributed by atoms with Crippen LogP contribution in [0.5, 0.6) is 5.75 Å². The molecule has 1 atom stereocenters. The zero-order valence-electron chi connectivity index (χ0n) is 13.2. The van der Waals surface area contributed by atoms with Crippen molar-refractivity contribution in [3.05, 3.63) is 29.8 Å². The topological polar surface area (TPSA) is 30.5 Å². The van der Waals surface area contributed by atoms with Crippen LogP contribution in [0.1, 0.15) is 44.1 Å². The fourth-order valence-corrected chi connectivity index (χ4v) is 3.65. The Balaban J connectivity index is 1.46. The van der Waals surface area contributed by atoms with Crippen molar-refractivity contribution < 1.29 is 9.47 Å². The molecule has 116 valence electrons. The van der Waals surface area contributed by atoms with E-state index >= 15 is 0 Å². The highest BCUT2D eigenvalue weighted by Gasteiger charge is 2.32. The van der Waals surface area contributed by atoms with E-state index < -0.39 is 0 Å². The van der Waals surface area contributed by atoms with Crippen molar-refractivity contribution in [1.29, 1.82) is 0 Å². The minimum absolute atomic E-state index is 0.616. The van der Waals surface area contributed by atoms with Gasteiger partial charge in [-0.15, -0.1) is 0 Å². The zero-order valence-corrected chi connectivity index (χ0v) is 13.2. The summed E-state index contributed by atoms with van der Waals surface area (Å²) in [6.45, 7) is 4.22. The maximum absolute atomic E-state index is 5.45. The van der Waals surface area contributed by atoms with Crippen molar-refractivity contribution in [2.45, 2.75) is 50.6 Å². The second-order valence-electron chi connectivity index (χ2n) is 6.55. The maximum atomic E-state index is 5.45. The van der Waals surface area contributed by atoms with Crippen LogP contribution < -0.4 is 10.1 Å². The third-order valence-electron chi connectivity index (χ3n) is 5.17. The highest BCUT2D eigenvalue weighted by molar-refractivity contribution is 5.32. The number of rotatable bonds is 5. The summed E-state index contributed by atoms with van der Waals surface area (Å²) < 4.78 is 10.8. The molecule has 1 unspecified atom stereocenters. The van der Waals surface area contributed by atoms with E-state index in [0.29, 0.717) is 18.0 Å². The van der Waals surface area contributed by atoms with Gasteiger partial charge >= 0.3 is 0 Å². The quantitative estimate of drug-likeness (QED) is 0.901. The molecule has 1 heterocycles. The summed E-state index contributed by atoms with van der Waals surface area (Å²) in [4.78, 5) is 0. The number of nitrogens with one attached hydrogen (secondary N) is 1. The third kappa shape index (κ3) is 3.58. The fourth-order valence-electron chi connectivity index (χ4n) is 3.65. The van der Waals surface area contributed by atoms with Crippen LogP contribution in [0.3, 0.4) is 0 Å². The van der Waals surface area contributed by atoms with Gasteiger partial charge in [0, 0.05) is 25.3 Å². The fraction of sp³-hybridized carbons (Fsp3) is 0.667. The highest BCUT2D eigenvalue weighted by Crippen LogP contribution is 2.38. The van der Waals surface area contributed by atoms with Crippen LogP contribution in [0.4, 0.5) is 0 Å². The first-order chi connectivity index (χ1) is 10.3. The zero-order chi connectivity index (χ0) is 14.7. The van der Waals surface area contributed by atoms with Gasteiger partial charge in [0.15, 0.2) is 0 Å². The number of ether oxygens (including phenoxy) is 2. The largest absolute Gasteiger partial charge is 0.497 e. The molecular formula is C18H27NO2. The summed E-state index contributed by atoms with van der Waals surface area (Å²) in [5, 5.41) is 3.83. The summed E-state index contributed by atoms with van der Waals surface area (Å²) in [7, 11) is 1.74. The van der Waals surface area contributed by atoms with E-state index in [1.807, 2.05) is 6.07 Å². The smallest absolute Gasteiger partial charge is 0.119 e. The second-order valence-corrected chi connectivity index (χ2v) is 6.55. The van der Waals surface area contributed by atoms with Crippen molar-refractivity contribution in [1.82, 2.24) is 5.32 Å². The van der Waals surface area contributed by atoms with Gasteiger partial charge in [-0.2, -0.15) is 0 Å². The lowest BCUT2D eigenvalue weighted by molar-refractivity contribution is 0.0519. The van der Waals surface area contributed by atoms with Gasteiger partial charge in [0.1, 0.15) is 5.75 Å². The van der Waals surface area contributed by atoms with Crippen molar-refractivity contribution in [3.63, 3.8) is 0 Å².